The molecule has 8 nitrogen and oxygen atoms in total. The Kier molecular flexibility index (Phi) is 4.18. The first-order chi connectivity index (χ1) is 10.5. The highest BCUT2D eigenvalue weighted by atomic mass is 32.2. The highest BCUT2D eigenvalue weighted by molar-refractivity contribution is 7.89. The van der Waals surface area contributed by atoms with Crippen molar-refractivity contribution < 1.29 is 37.7 Å². The summed E-state index contributed by atoms with van der Waals surface area (Å²) < 4.78 is 40.6. The van der Waals surface area contributed by atoms with Gasteiger partial charge < -0.3 is 15.3 Å². The van der Waals surface area contributed by atoms with Gasteiger partial charge in [-0.15, -0.1) is 0 Å². The van der Waals surface area contributed by atoms with E-state index in [1.807, 2.05) is 4.72 Å². The van der Waals surface area contributed by atoms with Gasteiger partial charge in [0.2, 0.25) is 10.0 Å². The van der Waals surface area contributed by atoms with Crippen LogP contribution in [0.1, 0.15) is 28.8 Å². The van der Waals surface area contributed by atoms with Crippen molar-refractivity contribution in [1.29, 1.82) is 0 Å². The Balaban J connectivity index is 2.48. The molecule has 1 saturated carbocycles. The Morgan fingerprint density at radius 2 is 1.87 bits per heavy atom. The highest BCUT2D eigenvalue weighted by Crippen LogP contribution is 2.34. The number of hydrogen-bond donors (Lipinski definition) is 4. The number of aliphatic hydroxyl groups excluding tert-OH is 1. The maximum Gasteiger partial charge on any atom is 0.335 e. The van der Waals surface area contributed by atoms with Crippen molar-refractivity contribution in [2.45, 2.75) is 36.3 Å². The van der Waals surface area contributed by atoms with Crippen LogP contribution in [0.2, 0.25) is 0 Å². The lowest BCUT2D eigenvalue weighted by atomic mass is 9.75. The number of aromatic carboxylic acids is 1. The number of nitrogens with one attached hydrogen (secondary N) is 1. The molecule has 1 aliphatic rings. The van der Waals surface area contributed by atoms with Gasteiger partial charge >= 0.3 is 11.9 Å². The first kappa shape index (κ1) is 17.3. The summed E-state index contributed by atoms with van der Waals surface area (Å²) >= 11 is 0. The number of rotatable bonds is 5. The molecule has 1 aliphatic carbocycles. The number of halogens is 1. The second-order valence-electron chi connectivity index (χ2n) is 5.47. The predicted octanol–water partition coefficient (Wildman–Crippen LogP) is 0.0887. The summed E-state index contributed by atoms with van der Waals surface area (Å²) in [6, 6.07) is 1.59. The molecule has 0 aromatic heterocycles. The molecule has 0 aliphatic heterocycles. The zero-order valence-electron chi connectivity index (χ0n) is 11.9. The highest BCUT2D eigenvalue weighted by Gasteiger charge is 2.53. The number of aliphatic carboxylic acids is 1. The fourth-order valence-corrected chi connectivity index (χ4v) is 3.97. The smallest absolute Gasteiger partial charge is 0.335 e. The lowest BCUT2D eigenvalue weighted by Gasteiger charge is -2.41. The third-order valence-electron chi connectivity index (χ3n) is 3.66. The summed E-state index contributed by atoms with van der Waals surface area (Å²) in [4.78, 5) is 21.3. The van der Waals surface area contributed by atoms with Crippen molar-refractivity contribution in [2.24, 2.45) is 0 Å². The predicted molar refractivity (Wildman–Crippen MR) is 74.0 cm³/mol. The van der Waals surface area contributed by atoms with E-state index < -0.39 is 49.9 Å². The molecule has 1 aromatic rings. The quantitative estimate of drug-likeness (QED) is 0.591. The van der Waals surface area contributed by atoms with Gasteiger partial charge in [-0.2, -0.15) is 4.72 Å². The summed E-state index contributed by atoms with van der Waals surface area (Å²) in [7, 11) is -4.64. The largest absolute Gasteiger partial charge is 0.480 e. The summed E-state index contributed by atoms with van der Waals surface area (Å²) in [6.45, 7) is 1.20. The summed E-state index contributed by atoms with van der Waals surface area (Å²) in [6.07, 6.45) is -1.70. The van der Waals surface area contributed by atoms with Gasteiger partial charge in [-0.1, -0.05) is 0 Å². The fraction of sp³-hybridized carbons (Fsp3) is 0.385. The number of sulfonamides is 1. The number of aliphatic hydroxyl groups is 1. The zero-order valence-corrected chi connectivity index (χ0v) is 12.7. The van der Waals surface area contributed by atoms with Gasteiger partial charge in [0.05, 0.1) is 11.7 Å². The Morgan fingerprint density at radius 1 is 1.30 bits per heavy atom. The number of benzene rings is 1. The van der Waals surface area contributed by atoms with Gasteiger partial charge in [-0.3, -0.25) is 4.79 Å². The summed E-state index contributed by atoms with van der Waals surface area (Å²) in [5, 5.41) is 27.4. The van der Waals surface area contributed by atoms with E-state index in [9.17, 15) is 27.5 Å². The van der Waals surface area contributed by atoms with Crippen LogP contribution in [0.5, 0.6) is 0 Å². The van der Waals surface area contributed by atoms with Gasteiger partial charge in [0.1, 0.15) is 16.3 Å². The SMILES string of the molecule is Cc1cc(C(=O)O)cc(S(=O)(=O)NC2(C(=O)O)CC(O)C2)c1F. The molecule has 0 heterocycles. The molecule has 0 atom stereocenters. The van der Waals surface area contributed by atoms with Gasteiger partial charge in [-0.25, -0.2) is 17.6 Å². The van der Waals surface area contributed by atoms with E-state index in [0.29, 0.717) is 6.07 Å². The second-order valence-corrected chi connectivity index (χ2v) is 7.12. The molecule has 0 spiro atoms. The average molecular weight is 347 g/mol. The zero-order chi connectivity index (χ0) is 17.6. The number of aryl methyl sites for hydroxylation is 1. The van der Waals surface area contributed by atoms with Crippen LogP contribution < -0.4 is 4.72 Å². The number of hydrogen-bond acceptors (Lipinski definition) is 5. The molecule has 4 N–H and O–H groups in total. The van der Waals surface area contributed by atoms with Crippen LogP contribution in [0.25, 0.3) is 0 Å². The molecule has 0 saturated heterocycles. The lowest BCUT2D eigenvalue weighted by Crippen LogP contribution is -2.64. The number of carboxylic acid groups (broad SMARTS) is 2. The Morgan fingerprint density at radius 3 is 2.30 bits per heavy atom. The molecule has 2 rings (SSSR count). The van der Waals surface area contributed by atoms with Crippen LogP contribution in [-0.2, 0) is 14.8 Å². The molecular formula is C13H14FNO7S. The van der Waals surface area contributed by atoms with E-state index in [4.69, 9.17) is 10.2 Å². The monoisotopic (exact) mass is 347 g/mol. The van der Waals surface area contributed by atoms with Crippen LogP contribution in [0.3, 0.4) is 0 Å². The van der Waals surface area contributed by atoms with Gasteiger partial charge in [0, 0.05) is 12.8 Å². The molecule has 23 heavy (non-hydrogen) atoms. The van der Waals surface area contributed by atoms with Crippen LogP contribution in [0, 0.1) is 12.7 Å². The van der Waals surface area contributed by atoms with Crippen molar-refractivity contribution in [3.8, 4) is 0 Å². The molecule has 0 amide bonds. The molecule has 0 bridgehead atoms. The first-order valence-corrected chi connectivity index (χ1v) is 7.96. The standard InChI is InChI=1S/C13H14FNO7S/c1-6-2-7(11(17)18)3-9(10(6)14)23(21,22)15-13(12(19)20)4-8(16)5-13/h2-3,8,15-16H,4-5H2,1H3,(H,17,18)(H,19,20). The van der Waals surface area contributed by atoms with Gasteiger partial charge in [0.15, 0.2) is 0 Å². The molecule has 0 radical (unpaired) electrons. The minimum atomic E-state index is -4.64. The topological polar surface area (TPSA) is 141 Å². The summed E-state index contributed by atoms with van der Waals surface area (Å²) in [5.41, 5.74) is -2.58. The van der Waals surface area contributed by atoms with Crippen molar-refractivity contribution in [1.82, 2.24) is 4.72 Å². The molecule has 126 valence electrons. The molecule has 10 heteroatoms. The molecular weight excluding hydrogens is 333 g/mol. The fourth-order valence-electron chi connectivity index (χ4n) is 2.41. The molecule has 1 aromatic carbocycles. The minimum Gasteiger partial charge on any atom is -0.480 e. The molecule has 0 unspecified atom stereocenters. The lowest BCUT2D eigenvalue weighted by molar-refractivity contribution is -0.153. The van der Waals surface area contributed by atoms with Crippen molar-refractivity contribution in [2.75, 3.05) is 0 Å². The average Bonchev–Trinajstić information content (AvgIpc) is 2.38. The maximum atomic E-state index is 14.1. The Hall–Kier alpha value is -2.04. The van der Waals surface area contributed by atoms with E-state index in [1.165, 1.54) is 6.92 Å². The van der Waals surface area contributed by atoms with E-state index >= 15 is 0 Å². The Labute approximate surface area is 130 Å². The first-order valence-electron chi connectivity index (χ1n) is 6.47. The number of carbonyl (C=O) groups is 2. The van der Waals surface area contributed by atoms with E-state index in [-0.39, 0.29) is 18.4 Å². The third kappa shape index (κ3) is 3.05. The third-order valence-corrected chi connectivity index (χ3v) is 5.20. The normalized spacial score (nSPS) is 24.0. The van der Waals surface area contributed by atoms with Gasteiger partial charge in [0.25, 0.3) is 0 Å². The minimum absolute atomic E-state index is 0.205. The Bertz CT molecular complexity index is 784. The van der Waals surface area contributed by atoms with E-state index in [1.54, 1.807) is 0 Å². The second kappa shape index (κ2) is 5.55. The van der Waals surface area contributed by atoms with Crippen LogP contribution in [0.4, 0.5) is 4.39 Å². The van der Waals surface area contributed by atoms with Gasteiger partial charge in [-0.05, 0) is 24.6 Å². The van der Waals surface area contributed by atoms with Crippen molar-refractivity contribution in [3.63, 3.8) is 0 Å². The van der Waals surface area contributed by atoms with Crippen LogP contribution in [0.15, 0.2) is 17.0 Å². The van der Waals surface area contributed by atoms with Crippen LogP contribution >= 0.6 is 0 Å². The maximum absolute atomic E-state index is 14.1. The van der Waals surface area contributed by atoms with Crippen molar-refractivity contribution >= 4 is 22.0 Å². The van der Waals surface area contributed by atoms with E-state index in [2.05, 4.69) is 0 Å². The number of carboxylic acids is 2. The van der Waals surface area contributed by atoms with E-state index in [0.717, 1.165) is 6.07 Å². The van der Waals surface area contributed by atoms with Crippen molar-refractivity contribution in [3.05, 3.63) is 29.1 Å². The molecule has 1 fully saturated rings. The van der Waals surface area contributed by atoms with Crippen LogP contribution in [-0.4, -0.2) is 47.3 Å². The summed E-state index contributed by atoms with van der Waals surface area (Å²) in [5.74, 6) is -4.11.